The largest absolute Gasteiger partial charge is 0.358 e. The maximum atomic E-state index is 13.2. The van der Waals surface area contributed by atoms with Crippen LogP contribution in [0.2, 0.25) is 0 Å². The number of aromatic nitrogens is 1. The first-order valence-electron chi connectivity index (χ1n) is 5.41. The van der Waals surface area contributed by atoms with E-state index in [1.54, 1.807) is 6.07 Å². The van der Waals surface area contributed by atoms with E-state index in [-0.39, 0.29) is 24.0 Å². The summed E-state index contributed by atoms with van der Waals surface area (Å²) in [5.74, 6) is -0.997. The van der Waals surface area contributed by atoms with E-state index in [1.807, 2.05) is 0 Å². The lowest BCUT2D eigenvalue weighted by atomic mass is 10.1. The number of alkyl halides is 1. The average Bonchev–Trinajstić information content (AvgIpc) is 2.32. The summed E-state index contributed by atoms with van der Waals surface area (Å²) >= 11 is 5.62. The molecule has 1 saturated heterocycles. The highest BCUT2D eigenvalue weighted by atomic mass is 35.5. The van der Waals surface area contributed by atoms with Gasteiger partial charge in [0.1, 0.15) is 11.9 Å². The SMILES string of the molecule is O=C1CCC(Nc2cc(CCl)cc(F)n2)C(=O)N1. The molecule has 0 bridgehead atoms. The third-order valence-corrected chi connectivity index (χ3v) is 2.88. The van der Waals surface area contributed by atoms with Gasteiger partial charge < -0.3 is 5.32 Å². The molecule has 2 rings (SSSR count). The van der Waals surface area contributed by atoms with Gasteiger partial charge in [-0.2, -0.15) is 4.39 Å². The van der Waals surface area contributed by atoms with Crippen LogP contribution in [0.3, 0.4) is 0 Å². The van der Waals surface area contributed by atoms with Crippen LogP contribution >= 0.6 is 11.6 Å². The maximum Gasteiger partial charge on any atom is 0.249 e. The Bertz CT molecular complexity index is 495. The molecule has 1 atom stereocenters. The standard InChI is InChI=1S/C11H11ClFN3O2/c12-5-6-3-8(13)15-9(4-6)14-7-1-2-10(17)16-11(7)18/h3-4,7H,1-2,5H2,(H,14,15)(H,16,17,18). The Morgan fingerprint density at radius 3 is 2.94 bits per heavy atom. The first-order chi connectivity index (χ1) is 8.58. The number of amides is 2. The summed E-state index contributed by atoms with van der Waals surface area (Å²) in [7, 11) is 0. The van der Waals surface area contributed by atoms with E-state index >= 15 is 0 Å². The molecule has 96 valence electrons. The summed E-state index contributed by atoms with van der Waals surface area (Å²) in [5.41, 5.74) is 0.568. The molecule has 1 aliphatic heterocycles. The maximum absolute atomic E-state index is 13.2. The zero-order valence-corrected chi connectivity index (χ0v) is 10.1. The van der Waals surface area contributed by atoms with E-state index in [9.17, 15) is 14.0 Å². The first kappa shape index (κ1) is 12.8. The van der Waals surface area contributed by atoms with Gasteiger partial charge in [0.2, 0.25) is 17.8 Å². The van der Waals surface area contributed by atoms with Crippen molar-refractivity contribution in [2.24, 2.45) is 0 Å². The molecule has 1 fully saturated rings. The zero-order valence-electron chi connectivity index (χ0n) is 9.37. The summed E-state index contributed by atoms with van der Waals surface area (Å²) in [6, 6.07) is 2.21. The Morgan fingerprint density at radius 1 is 1.50 bits per heavy atom. The number of anilines is 1. The Hall–Kier alpha value is -1.69. The number of piperidine rings is 1. The molecular formula is C11H11ClFN3O2. The fraction of sp³-hybridized carbons (Fsp3) is 0.364. The monoisotopic (exact) mass is 271 g/mol. The van der Waals surface area contributed by atoms with E-state index in [0.717, 1.165) is 0 Å². The predicted octanol–water partition coefficient (Wildman–Crippen LogP) is 1.18. The van der Waals surface area contributed by atoms with Crippen molar-refractivity contribution in [1.29, 1.82) is 0 Å². The molecule has 0 spiro atoms. The van der Waals surface area contributed by atoms with Crippen LogP contribution in [-0.4, -0.2) is 22.8 Å². The van der Waals surface area contributed by atoms with Gasteiger partial charge >= 0.3 is 0 Å². The van der Waals surface area contributed by atoms with Crippen LogP contribution in [-0.2, 0) is 15.5 Å². The minimum absolute atomic E-state index is 0.156. The molecule has 0 aromatic carbocycles. The lowest BCUT2D eigenvalue weighted by molar-refractivity contribution is -0.133. The van der Waals surface area contributed by atoms with Gasteiger partial charge in [-0.15, -0.1) is 11.6 Å². The smallest absolute Gasteiger partial charge is 0.249 e. The highest BCUT2D eigenvalue weighted by Crippen LogP contribution is 2.15. The number of halogens is 2. The molecule has 1 aromatic rings. The summed E-state index contributed by atoms with van der Waals surface area (Å²) in [5, 5.41) is 5.00. The van der Waals surface area contributed by atoms with Crippen LogP contribution in [0.5, 0.6) is 0 Å². The molecule has 1 aliphatic rings. The van der Waals surface area contributed by atoms with E-state index in [1.165, 1.54) is 6.07 Å². The van der Waals surface area contributed by atoms with Gasteiger partial charge in [0.05, 0.1) is 0 Å². The number of nitrogens with one attached hydrogen (secondary N) is 2. The predicted molar refractivity (Wildman–Crippen MR) is 63.5 cm³/mol. The normalized spacial score (nSPS) is 19.6. The van der Waals surface area contributed by atoms with Gasteiger partial charge in [0.25, 0.3) is 0 Å². The molecular weight excluding hydrogens is 261 g/mol. The number of imide groups is 1. The Kier molecular flexibility index (Phi) is 3.76. The lowest BCUT2D eigenvalue weighted by Gasteiger charge is -2.22. The summed E-state index contributed by atoms with van der Waals surface area (Å²) in [6.45, 7) is 0. The van der Waals surface area contributed by atoms with Gasteiger partial charge in [-0.25, -0.2) is 4.98 Å². The van der Waals surface area contributed by atoms with Crippen LogP contribution < -0.4 is 10.6 Å². The van der Waals surface area contributed by atoms with Crippen molar-refractivity contribution in [3.63, 3.8) is 0 Å². The second kappa shape index (κ2) is 5.30. The number of nitrogens with zero attached hydrogens (tertiary/aromatic N) is 1. The summed E-state index contributed by atoms with van der Waals surface area (Å²) in [4.78, 5) is 26.1. The number of pyridine rings is 1. The first-order valence-corrected chi connectivity index (χ1v) is 5.94. The van der Waals surface area contributed by atoms with Gasteiger partial charge in [0, 0.05) is 12.3 Å². The highest BCUT2D eigenvalue weighted by molar-refractivity contribution is 6.17. The van der Waals surface area contributed by atoms with E-state index < -0.39 is 17.9 Å². The Labute approximate surface area is 108 Å². The quantitative estimate of drug-likeness (QED) is 0.492. The van der Waals surface area contributed by atoms with E-state index in [0.29, 0.717) is 12.0 Å². The van der Waals surface area contributed by atoms with Crippen molar-refractivity contribution in [3.8, 4) is 0 Å². The van der Waals surface area contributed by atoms with Crippen molar-refractivity contribution in [1.82, 2.24) is 10.3 Å². The lowest BCUT2D eigenvalue weighted by Crippen LogP contribution is -2.47. The van der Waals surface area contributed by atoms with Crippen LogP contribution in [0, 0.1) is 5.95 Å². The fourth-order valence-corrected chi connectivity index (χ4v) is 1.87. The number of rotatable bonds is 3. The highest BCUT2D eigenvalue weighted by Gasteiger charge is 2.26. The molecule has 7 heteroatoms. The van der Waals surface area contributed by atoms with E-state index in [2.05, 4.69) is 15.6 Å². The third-order valence-electron chi connectivity index (χ3n) is 2.57. The van der Waals surface area contributed by atoms with Crippen molar-refractivity contribution in [2.45, 2.75) is 24.8 Å². The molecule has 18 heavy (non-hydrogen) atoms. The topological polar surface area (TPSA) is 71.1 Å². The summed E-state index contributed by atoms with van der Waals surface area (Å²) < 4.78 is 13.2. The van der Waals surface area contributed by atoms with Crippen LogP contribution in [0.4, 0.5) is 10.2 Å². The van der Waals surface area contributed by atoms with Crippen LogP contribution in [0.25, 0.3) is 0 Å². The minimum Gasteiger partial charge on any atom is -0.358 e. The van der Waals surface area contributed by atoms with Crippen molar-refractivity contribution in [2.75, 3.05) is 5.32 Å². The third kappa shape index (κ3) is 2.95. The number of hydrogen-bond acceptors (Lipinski definition) is 4. The molecule has 2 amide bonds. The summed E-state index contributed by atoms with van der Waals surface area (Å²) in [6.07, 6.45) is 0.611. The van der Waals surface area contributed by atoms with Crippen LogP contribution in [0.1, 0.15) is 18.4 Å². The molecule has 0 saturated carbocycles. The van der Waals surface area contributed by atoms with Gasteiger partial charge in [-0.05, 0) is 24.1 Å². The molecule has 1 unspecified atom stereocenters. The van der Waals surface area contributed by atoms with Crippen LogP contribution in [0.15, 0.2) is 12.1 Å². The number of carbonyl (C=O) groups is 2. The fourth-order valence-electron chi connectivity index (χ4n) is 1.71. The number of hydrogen-bond donors (Lipinski definition) is 2. The molecule has 2 heterocycles. The Morgan fingerprint density at radius 2 is 2.28 bits per heavy atom. The van der Waals surface area contributed by atoms with Gasteiger partial charge in [-0.1, -0.05) is 0 Å². The minimum atomic E-state index is -0.664. The zero-order chi connectivity index (χ0) is 13.1. The molecule has 0 aliphatic carbocycles. The second-order valence-corrected chi connectivity index (χ2v) is 4.23. The van der Waals surface area contributed by atoms with Crippen molar-refractivity contribution < 1.29 is 14.0 Å². The van der Waals surface area contributed by atoms with Crippen molar-refractivity contribution >= 4 is 29.2 Å². The molecule has 5 nitrogen and oxygen atoms in total. The van der Waals surface area contributed by atoms with Gasteiger partial charge in [-0.3, -0.25) is 14.9 Å². The second-order valence-electron chi connectivity index (χ2n) is 3.97. The van der Waals surface area contributed by atoms with Crippen molar-refractivity contribution in [3.05, 3.63) is 23.6 Å². The van der Waals surface area contributed by atoms with Gasteiger partial charge in [0.15, 0.2) is 0 Å². The number of carbonyl (C=O) groups excluding carboxylic acids is 2. The Balaban J connectivity index is 2.11. The molecule has 1 aromatic heterocycles. The van der Waals surface area contributed by atoms with E-state index in [4.69, 9.17) is 11.6 Å². The average molecular weight is 272 g/mol. The molecule has 2 N–H and O–H groups in total. The molecule has 0 radical (unpaired) electrons.